The Labute approximate surface area is 115 Å². The summed E-state index contributed by atoms with van der Waals surface area (Å²) < 4.78 is 2.01. The number of aryl methyl sites for hydroxylation is 1. The minimum absolute atomic E-state index is 0.310. The van der Waals surface area contributed by atoms with Gasteiger partial charge in [0.25, 0.3) is 0 Å². The number of rotatable bonds is 5. The molecule has 0 aliphatic heterocycles. The van der Waals surface area contributed by atoms with Crippen LogP contribution in [0.1, 0.15) is 32.1 Å². The third-order valence-corrected chi connectivity index (χ3v) is 3.34. The van der Waals surface area contributed by atoms with Crippen LogP contribution in [0, 0.1) is 0 Å². The fourth-order valence-electron chi connectivity index (χ4n) is 2.32. The molecule has 102 valence electrons. The molecule has 0 amide bonds. The van der Waals surface area contributed by atoms with Gasteiger partial charge >= 0.3 is 0 Å². The van der Waals surface area contributed by atoms with E-state index in [9.17, 15) is 0 Å². The summed E-state index contributed by atoms with van der Waals surface area (Å²) in [6, 6.07) is 10.5. The summed E-state index contributed by atoms with van der Waals surface area (Å²) in [6.07, 6.45) is 1.03. The van der Waals surface area contributed by atoms with Crippen molar-refractivity contribution in [2.24, 2.45) is 0 Å². The molecule has 1 unspecified atom stereocenters. The van der Waals surface area contributed by atoms with Gasteiger partial charge in [-0.1, -0.05) is 37.3 Å². The Kier molecular flexibility index (Phi) is 4.32. The molecule has 1 aromatic carbocycles. The molecule has 0 aliphatic carbocycles. The normalized spacial score (nSPS) is 12.9. The third kappa shape index (κ3) is 2.84. The van der Waals surface area contributed by atoms with Gasteiger partial charge in [0.2, 0.25) is 0 Å². The number of aromatic nitrogens is 3. The fourth-order valence-corrected chi connectivity index (χ4v) is 2.32. The molecule has 4 heteroatoms. The molecule has 0 spiro atoms. The van der Waals surface area contributed by atoms with Crippen LogP contribution in [0.15, 0.2) is 30.3 Å². The van der Waals surface area contributed by atoms with Crippen LogP contribution in [-0.4, -0.2) is 33.8 Å². The molecular weight excluding hydrogens is 236 g/mol. The van der Waals surface area contributed by atoms with Crippen molar-refractivity contribution in [3.63, 3.8) is 0 Å². The highest BCUT2D eigenvalue weighted by Gasteiger charge is 2.20. The minimum Gasteiger partial charge on any atom is -0.300 e. The Bertz CT molecular complexity index is 516. The predicted octanol–water partition coefficient (Wildman–Crippen LogP) is 2.98. The molecule has 2 rings (SSSR count). The summed E-state index contributed by atoms with van der Waals surface area (Å²) in [6.45, 7) is 5.14. The van der Waals surface area contributed by atoms with E-state index < -0.39 is 0 Å². The second-order valence-corrected chi connectivity index (χ2v) is 4.86. The summed E-state index contributed by atoms with van der Waals surface area (Å²) in [4.78, 5) is 6.95. The quantitative estimate of drug-likeness (QED) is 0.826. The van der Waals surface area contributed by atoms with Crippen molar-refractivity contribution < 1.29 is 0 Å². The van der Waals surface area contributed by atoms with Gasteiger partial charge in [0, 0.05) is 12.1 Å². The van der Waals surface area contributed by atoms with Crippen LogP contribution >= 0.6 is 0 Å². The van der Waals surface area contributed by atoms with Crippen molar-refractivity contribution in [1.82, 2.24) is 19.7 Å². The molecule has 4 nitrogen and oxygen atoms in total. The summed E-state index contributed by atoms with van der Waals surface area (Å²) >= 11 is 0. The topological polar surface area (TPSA) is 34.0 Å². The molecule has 1 heterocycles. The lowest BCUT2D eigenvalue weighted by atomic mass is 10.2. The van der Waals surface area contributed by atoms with E-state index in [0.29, 0.717) is 6.04 Å². The van der Waals surface area contributed by atoms with Gasteiger partial charge in [-0.2, -0.15) is 5.10 Å². The van der Waals surface area contributed by atoms with Crippen LogP contribution < -0.4 is 0 Å². The molecule has 1 aromatic heterocycles. The second kappa shape index (κ2) is 5.97. The van der Waals surface area contributed by atoms with Crippen molar-refractivity contribution in [3.05, 3.63) is 36.2 Å². The van der Waals surface area contributed by atoms with Crippen LogP contribution in [-0.2, 0) is 6.54 Å². The zero-order valence-electron chi connectivity index (χ0n) is 12.2. The standard InChI is InChI=1S/C15H22N4/c1-5-13(18(3)4)15-16-14(17-19(15)6-2)12-10-8-7-9-11-12/h7-11,13H,5-6H2,1-4H3. The van der Waals surface area contributed by atoms with E-state index >= 15 is 0 Å². The van der Waals surface area contributed by atoms with E-state index in [2.05, 4.69) is 50.1 Å². The Morgan fingerprint density at radius 3 is 2.37 bits per heavy atom. The molecule has 0 saturated heterocycles. The van der Waals surface area contributed by atoms with Crippen LogP contribution in [0.2, 0.25) is 0 Å². The van der Waals surface area contributed by atoms with Gasteiger partial charge in [-0.05, 0) is 27.4 Å². The maximum absolute atomic E-state index is 4.75. The second-order valence-electron chi connectivity index (χ2n) is 4.86. The van der Waals surface area contributed by atoms with Crippen molar-refractivity contribution >= 4 is 0 Å². The fraction of sp³-hybridized carbons (Fsp3) is 0.467. The van der Waals surface area contributed by atoms with Gasteiger partial charge in [0.05, 0.1) is 6.04 Å². The Morgan fingerprint density at radius 2 is 1.84 bits per heavy atom. The summed E-state index contributed by atoms with van der Waals surface area (Å²) in [5.74, 6) is 1.87. The first-order valence-corrected chi connectivity index (χ1v) is 6.84. The average molecular weight is 258 g/mol. The number of hydrogen-bond acceptors (Lipinski definition) is 3. The first-order chi connectivity index (χ1) is 9.17. The molecule has 0 N–H and O–H groups in total. The molecule has 2 aromatic rings. The zero-order valence-corrected chi connectivity index (χ0v) is 12.2. The lowest BCUT2D eigenvalue weighted by molar-refractivity contribution is 0.270. The minimum atomic E-state index is 0.310. The van der Waals surface area contributed by atoms with Crippen LogP contribution in [0.5, 0.6) is 0 Å². The van der Waals surface area contributed by atoms with Crippen LogP contribution in [0.3, 0.4) is 0 Å². The number of benzene rings is 1. The van der Waals surface area contributed by atoms with Crippen molar-refractivity contribution in [3.8, 4) is 11.4 Å². The summed E-state index contributed by atoms with van der Waals surface area (Å²) in [5.41, 5.74) is 1.07. The predicted molar refractivity (Wildman–Crippen MR) is 77.9 cm³/mol. The van der Waals surface area contributed by atoms with Crippen LogP contribution in [0.25, 0.3) is 11.4 Å². The SMILES string of the molecule is CCC(c1nc(-c2ccccc2)nn1CC)N(C)C. The highest BCUT2D eigenvalue weighted by Crippen LogP contribution is 2.23. The summed E-state index contributed by atoms with van der Waals surface area (Å²) in [7, 11) is 4.18. The van der Waals surface area contributed by atoms with E-state index in [4.69, 9.17) is 4.98 Å². The smallest absolute Gasteiger partial charge is 0.181 e. The monoisotopic (exact) mass is 258 g/mol. The Morgan fingerprint density at radius 1 is 1.16 bits per heavy atom. The molecule has 0 aliphatic rings. The van der Waals surface area contributed by atoms with E-state index in [1.807, 2.05) is 22.9 Å². The lowest BCUT2D eigenvalue weighted by Gasteiger charge is -2.21. The van der Waals surface area contributed by atoms with E-state index in [-0.39, 0.29) is 0 Å². The van der Waals surface area contributed by atoms with Crippen molar-refractivity contribution in [2.75, 3.05) is 14.1 Å². The molecule has 19 heavy (non-hydrogen) atoms. The summed E-state index contributed by atoms with van der Waals surface area (Å²) in [5, 5.41) is 4.63. The largest absolute Gasteiger partial charge is 0.300 e. The lowest BCUT2D eigenvalue weighted by Crippen LogP contribution is -2.23. The molecule has 1 atom stereocenters. The van der Waals surface area contributed by atoms with Gasteiger partial charge in [-0.3, -0.25) is 4.90 Å². The van der Waals surface area contributed by atoms with Gasteiger partial charge in [-0.15, -0.1) is 0 Å². The van der Waals surface area contributed by atoms with Gasteiger partial charge in [-0.25, -0.2) is 9.67 Å². The van der Waals surface area contributed by atoms with E-state index in [0.717, 1.165) is 30.2 Å². The first-order valence-electron chi connectivity index (χ1n) is 6.84. The third-order valence-electron chi connectivity index (χ3n) is 3.34. The van der Waals surface area contributed by atoms with Crippen molar-refractivity contribution in [2.45, 2.75) is 32.9 Å². The first kappa shape index (κ1) is 13.7. The van der Waals surface area contributed by atoms with Gasteiger partial charge < -0.3 is 0 Å². The number of nitrogens with zero attached hydrogens (tertiary/aromatic N) is 4. The average Bonchev–Trinajstić information content (AvgIpc) is 2.84. The molecule has 0 radical (unpaired) electrons. The van der Waals surface area contributed by atoms with Crippen LogP contribution in [0.4, 0.5) is 0 Å². The Balaban J connectivity index is 2.43. The highest BCUT2D eigenvalue weighted by molar-refractivity contribution is 5.54. The van der Waals surface area contributed by atoms with Crippen molar-refractivity contribution in [1.29, 1.82) is 0 Å². The molecule has 0 saturated carbocycles. The number of hydrogen-bond donors (Lipinski definition) is 0. The Hall–Kier alpha value is -1.68. The highest BCUT2D eigenvalue weighted by atomic mass is 15.4. The molecule has 0 fully saturated rings. The molecule has 0 bridgehead atoms. The van der Waals surface area contributed by atoms with Gasteiger partial charge in [0.1, 0.15) is 5.82 Å². The van der Waals surface area contributed by atoms with E-state index in [1.165, 1.54) is 0 Å². The maximum Gasteiger partial charge on any atom is 0.181 e. The van der Waals surface area contributed by atoms with E-state index in [1.54, 1.807) is 0 Å². The van der Waals surface area contributed by atoms with Gasteiger partial charge in [0.15, 0.2) is 5.82 Å². The zero-order chi connectivity index (χ0) is 13.8. The molecular formula is C15H22N4. The maximum atomic E-state index is 4.75.